The number of imidazole rings is 1. The van der Waals surface area contributed by atoms with Crippen molar-refractivity contribution in [2.45, 2.75) is 25.8 Å². The van der Waals surface area contributed by atoms with Crippen LogP contribution in [0.25, 0.3) is 11.0 Å². The Bertz CT molecular complexity index is 839. The van der Waals surface area contributed by atoms with E-state index in [0.717, 1.165) is 42.8 Å². The van der Waals surface area contributed by atoms with Crippen molar-refractivity contribution in [2.24, 2.45) is 0 Å². The molecule has 3 rings (SSSR count). The summed E-state index contributed by atoms with van der Waals surface area (Å²) in [7, 11) is 1.67. The Hall–Kier alpha value is -2.75. The number of hydrogen-bond donors (Lipinski definition) is 0. The molecule has 4 heteroatoms. The van der Waals surface area contributed by atoms with Gasteiger partial charge in [-0.05, 0) is 49.1 Å². The lowest BCUT2D eigenvalue weighted by Crippen LogP contribution is -2.03. The maximum Gasteiger partial charge on any atom is 0.161 e. The zero-order valence-corrected chi connectivity index (χ0v) is 14.6. The Labute approximate surface area is 148 Å². The Kier molecular flexibility index (Phi) is 5.73. The van der Waals surface area contributed by atoms with Gasteiger partial charge in [-0.25, -0.2) is 4.98 Å². The van der Waals surface area contributed by atoms with E-state index in [1.54, 1.807) is 7.11 Å². The van der Waals surface area contributed by atoms with Gasteiger partial charge in [0.05, 0.1) is 31.1 Å². The Morgan fingerprint density at radius 1 is 1.12 bits per heavy atom. The van der Waals surface area contributed by atoms with Crippen molar-refractivity contribution in [3.8, 4) is 11.5 Å². The molecule has 25 heavy (non-hydrogen) atoms. The van der Waals surface area contributed by atoms with Gasteiger partial charge in [-0.2, -0.15) is 0 Å². The van der Waals surface area contributed by atoms with Gasteiger partial charge < -0.3 is 14.0 Å². The highest BCUT2D eigenvalue weighted by Gasteiger charge is 2.06. The fourth-order valence-electron chi connectivity index (χ4n) is 2.88. The number of benzene rings is 2. The number of methoxy groups -OCH3 is 1. The largest absolute Gasteiger partial charge is 0.493 e. The quantitative estimate of drug-likeness (QED) is 0.422. The summed E-state index contributed by atoms with van der Waals surface area (Å²) >= 11 is 0. The number of aryl methyl sites for hydroxylation is 1. The van der Waals surface area contributed by atoms with Crippen LogP contribution in [0.4, 0.5) is 0 Å². The maximum atomic E-state index is 5.89. The third-order valence-electron chi connectivity index (χ3n) is 4.19. The third-order valence-corrected chi connectivity index (χ3v) is 4.19. The molecule has 3 aromatic rings. The standard InChI is InChI=1S/C21H24N2O2/c1-3-8-17-11-12-20(21(15-17)24-2)25-14-7-6-13-23-16-22-18-9-4-5-10-19(18)23/h3-5,9-12,15-16H,1,6-8,13-14H2,2H3. The molecule has 0 aliphatic carbocycles. The molecule has 0 unspecified atom stereocenters. The number of unbranched alkanes of at least 4 members (excludes halogenated alkanes) is 1. The van der Waals surface area contributed by atoms with E-state index < -0.39 is 0 Å². The van der Waals surface area contributed by atoms with Crippen LogP contribution in [0.5, 0.6) is 11.5 Å². The van der Waals surface area contributed by atoms with Gasteiger partial charge in [0, 0.05) is 6.54 Å². The van der Waals surface area contributed by atoms with E-state index in [2.05, 4.69) is 28.3 Å². The first kappa shape index (κ1) is 17.1. The summed E-state index contributed by atoms with van der Waals surface area (Å²) in [6.45, 7) is 5.38. The number of rotatable bonds is 9. The second-order valence-corrected chi connectivity index (χ2v) is 5.96. The normalized spacial score (nSPS) is 10.8. The van der Waals surface area contributed by atoms with Crippen molar-refractivity contribution in [1.29, 1.82) is 0 Å². The van der Waals surface area contributed by atoms with Crippen LogP contribution in [0.2, 0.25) is 0 Å². The topological polar surface area (TPSA) is 36.3 Å². The molecular formula is C21H24N2O2. The van der Waals surface area contributed by atoms with Gasteiger partial charge in [-0.1, -0.05) is 24.3 Å². The van der Waals surface area contributed by atoms with Crippen LogP contribution in [-0.2, 0) is 13.0 Å². The number of para-hydroxylation sites is 2. The van der Waals surface area contributed by atoms with Crippen LogP contribution < -0.4 is 9.47 Å². The van der Waals surface area contributed by atoms with Gasteiger partial charge in [0.1, 0.15) is 0 Å². The Morgan fingerprint density at radius 2 is 2.00 bits per heavy atom. The summed E-state index contributed by atoms with van der Waals surface area (Å²) in [6.07, 6.45) is 6.64. The van der Waals surface area contributed by atoms with Crippen LogP contribution in [0.3, 0.4) is 0 Å². The second kappa shape index (κ2) is 8.38. The number of fused-ring (bicyclic) bond motifs is 1. The van der Waals surface area contributed by atoms with E-state index in [1.807, 2.05) is 42.7 Å². The molecule has 0 fully saturated rings. The first-order chi connectivity index (χ1) is 12.3. The maximum absolute atomic E-state index is 5.89. The zero-order chi connectivity index (χ0) is 17.5. The van der Waals surface area contributed by atoms with Crippen molar-refractivity contribution in [3.63, 3.8) is 0 Å². The van der Waals surface area contributed by atoms with E-state index in [4.69, 9.17) is 9.47 Å². The average molecular weight is 336 g/mol. The highest BCUT2D eigenvalue weighted by molar-refractivity contribution is 5.74. The molecule has 0 radical (unpaired) electrons. The molecule has 2 aromatic carbocycles. The minimum absolute atomic E-state index is 0.670. The fraction of sp³-hybridized carbons (Fsp3) is 0.286. The van der Waals surface area contributed by atoms with E-state index in [0.29, 0.717) is 6.61 Å². The second-order valence-electron chi connectivity index (χ2n) is 5.96. The molecule has 0 saturated heterocycles. The molecule has 0 atom stereocenters. The average Bonchev–Trinajstić information content (AvgIpc) is 3.06. The van der Waals surface area contributed by atoms with E-state index in [9.17, 15) is 0 Å². The molecule has 0 amide bonds. The number of hydrogen-bond acceptors (Lipinski definition) is 3. The summed E-state index contributed by atoms with van der Waals surface area (Å²) in [6, 6.07) is 14.2. The van der Waals surface area contributed by atoms with Gasteiger partial charge in [0.2, 0.25) is 0 Å². The Morgan fingerprint density at radius 3 is 2.84 bits per heavy atom. The molecule has 0 aliphatic heterocycles. The van der Waals surface area contributed by atoms with Gasteiger partial charge in [-0.3, -0.25) is 0 Å². The van der Waals surface area contributed by atoms with Gasteiger partial charge >= 0.3 is 0 Å². The summed E-state index contributed by atoms with van der Waals surface area (Å²) in [5.74, 6) is 1.57. The lowest BCUT2D eigenvalue weighted by atomic mass is 10.1. The SMILES string of the molecule is C=CCc1ccc(OCCCCn2cnc3ccccc32)c(OC)c1. The molecule has 0 saturated carbocycles. The highest BCUT2D eigenvalue weighted by Crippen LogP contribution is 2.28. The van der Waals surface area contributed by atoms with Gasteiger partial charge in [0.25, 0.3) is 0 Å². The molecule has 130 valence electrons. The molecule has 1 heterocycles. The molecule has 0 bridgehead atoms. The van der Waals surface area contributed by atoms with Crippen molar-refractivity contribution in [3.05, 3.63) is 67.0 Å². The molecular weight excluding hydrogens is 312 g/mol. The molecule has 0 N–H and O–H groups in total. The van der Waals surface area contributed by atoms with Crippen LogP contribution in [0.15, 0.2) is 61.4 Å². The minimum Gasteiger partial charge on any atom is -0.493 e. The van der Waals surface area contributed by atoms with Crippen molar-refractivity contribution in [1.82, 2.24) is 9.55 Å². The smallest absolute Gasteiger partial charge is 0.161 e. The number of nitrogens with zero attached hydrogens (tertiary/aromatic N) is 2. The highest BCUT2D eigenvalue weighted by atomic mass is 16.5. The summed E-state index contributed by atoms with van der Waals surface area (Å²) in [4.78, 5) is 4.42. The summed E-state index contributed by atoms with van der Waals surface area (Å²) in [5.41, 5.74) is 3.40. The first-order valence-corrected chi connectivity index (χ1v) is 8.62. The van der Waals surface area contributed by atoms with E-state index in [-0.39, 0.29) is 0 Å². The molecule has 0 spiro atoms. The zero-order valence-electron chi connectivity index (χ0n) is 14.6. The van der Waals surface area contributed by atoms with Crippen LogP contribution in [-0.4, -0.2) is 23.3 Å². The summed E-state index contributed by atoms with van der Waals surface area (Å²) in [5, 5.41) is 0. The number of allylic oxidation sites excluding steroid dienone is 1. The van der Waals surface area contributed by atoms with E-state index in [1.165, 1.54) is 11.1 Å². The molecule has 0 aliphatic rings. The van der Waals surface area contributed by atoms with Crippen molar-refractivity contribution >= 4 is 11.0 Å². The predicted octanol–water partition coefficient (Wildman–Crippen LogP) is 4.63. The lowest BCUT2D eigenvalue weighted by Gasteiger charge is -2.12. The number of ether oxygens (including phenoxy) is 2. The van der Waals surface area contributed by atoms with Crippen LogP contribution in [0.1, 0.15) is 18.4 Å². The van der Waals surface area contributed by atoms with E-state index >= 15 is 0 Å². The molecule has 4 nitrogen and oxygen atoms in total. The summed E-state index contributed by atoms with van der Waals surface area (Å²) < 4.78 is 13.5. The lowest BCUT2D eigenvalue weighted by molar-refractivity contribution is 0.284. The van der Waals surface area contributed by atoms with Crippen molar-refractivity contribution < 1.29 is 9.47 Å². The van der Waals surface area contributed by atoms with Crippen molar-refractivity contribution in [2.75, 3.05) is 13.7 Å². The predicted molar refractivity (Wildman–Crippen MR) is 101 cm³/mol. The van der Waals surface area contributed by atoms with Gasteiger partial charge in [-0.15, -0.1) is 6.58 Å². The fourth-order valence-corrected chi connectivity index (χ4v) is 2.88. The number of aromatic nitrogens is 2. The minimum atomic E-state index is 0.670. The van der Waals surface area contributed by atoms with Gasteiger partial charge in [0.15, 0.2) is 11.5 Å². The van der Waals surface area contributed by atoms with Crippen LogP contribution >= 0.6 is 0 Å². The van der Waals surface area contributed by atoms with Crippen LogP contribution in [0, 0.1) is 0 Å². The molecule has 1 aromatic heterocycles. The first-order valence-electron chi connectivity index (χ1n) is 8.62. The monoisotopic (exact) mass is 336 g/mol. The third kappa shape index (κ3) is 4.21. The Balaban J connectivity index is 1.49.